The van der Waals surface area contributed by atoms with Crippen LogP contribution in [0, 0.1) is 11.8 Å². The number of nitrogens with two attached hydrogens (primary N) is 1. The summed E-state index contributed by atoms with van der Waals surface area (Å²) in [4.78, 5) is 5.58. The molecule has 1 aliphatic rings. The first-order valence-electron chi connectivity index (χ1n) is 7.79. The predicted molar refractivity (Wildman–Crippen MR) is 101 cm³/mol. The molecule has 6 heteroatoms. The van der Waals surface area contributed by atoms with Gasteiger partial charge in [-0.25, -0.2) is 4.98 Å². The third-order valence-corrected chi connectivity index (χ3v) is 6.31. The van der Waals surface area contributed by atoms with Crippen LogP contribution in [0.3, 0.4) is 0 Å². The van der Waals surface area contributed by atoms with E-state index in [0.29, 0.717) is 22.6 Å². The average molecular weight is 368 g/mol. The fourth-order valence-electron chi connectivity index (χ4n) is 3.11. The molecule has 122 valence electrons. The molecule has 0 amide bonds. The van der Waals surface area contributed by atoms with Crippen LogP contribution in [0.5, 0.6) is 0 Å². The molecule has 2 atom stereocenters. The van der Waals surface area contributed by atoms with Gasteiger partial charge in [-0.15, -0.1) is 17.3 Å². The van der Waals surface area contributed by atoms with E-state index >= 15 is 0 Å². The van der Waals surface area contributed by atoms with Crippen LogP contribution in [0.25, 0.3) is 10.2 Å². The molecule has 3 rings (SSSR count). The first kappa shape index (κ1) is 16.9. The second-order valence-electron chi connectivity index (χ2n) is 5.79. The Bertz CT molecular complexity index is 775. The van der Waals surface area contributed by atoms with Crippen molar-refractivity contribution >= 4 is 50.4 Å². The zero-order valence-corrected chi connectivity index (χ0v) is 15.3. The minimum Gasteiger partial charge on any atom is -0.373 e. The van der Waals surface area contributed by atoms with Crippen LogP contribution in [-0.2, 0) is 0 Å². The highest BCUT2D eigenvalue weighted by atomic mass is 35.5. The Kier molecular flexibility index (Phi) is 5.33. The van der Waals surface area contributed by atoms with Gasteiger partial charge in [0.15, 0.2) is 0 Å². The lowest BCUT2D eigenvalue weighted by molar-refractivity contribution is 0.389. The summed E-state index contributed by atoms with van der Waals surface area (Å²) in [6.45, 7) is 2.39. The van der Waals surface area contributed by atoms with Crippen LogP contribution < -0.4 is 11.1 Å². The van der Waals surface area contributed by atoms with E-state index in [1.54, 1.807) is 11.3 Å². The van der Waals surface area contributed by atoms with Crippen molar-refractivity contribution in [2.75, 3.05) is 11.9 Å². The van der Waals surface area contributed by atoms with Gasteiger partial charge in [0.1, 0.15) is 10.7 Å². The number of rotatable bonds is 3. The zero-order chi connectivity index (χ0) is 16.4. The van der Waals surface area contributed by atoms with Crippen molar-refractivity contribution in [3.8, 4) is 11.8 Å². The summed E-state index contributed by atoms with van der Waals surface area (Å²) in [6.07, 6.45) is 4.55. The topological polar surface area (TPSA) is 50.9 Å². The highest BCUT2D eigenvalue weighted by Crippen LogP contribution is 2.46. The van der Waals surface area contributed by atoms with Gasteiger partial charge in [-0.05, 0) is 19.8 Å². The molecule has 23 heavy (non-hydrogen) atoms. The molecule has 0 aliphatic heterocycles. The molecule has 0 spiro atoms. The van der Waals surface area contributed by atoms with E-state index in [2.05, 4.69) is 22.1 Å². The van der Waals surface area contributed by atoms with Crippen LogP contribution in [0.15, 0.2) is 6.07 Å². The molecule has 2 aromatic rings. The minimum absolute atomic E-state index is 0.173. The van der Waals surface area contributed by atoms with Gasteiger partial charge in [0.25, 0.3) is 0 Å². The lowest BCUT2D eigenvalue weighted by atomic mass is 9.84. The molecule has 0 radical (unpaired) electrons. The number of halogens is 2. The standard InChI is InChI=1S/C17H19Cl2N3S/c1-2-3-8-21-12-9-13(18)22-15-14(19)16(23-17(12)15)10-6-4-5-7-11(10)20/h9-11H,4-8,20H2,1H3,(H,21,22)/t10-,11-/m0/s1. The smallest absolute Gasteiger partial charge is 0.131 e. The molecule has 0 saturated heterocycles. The van der Waals surface area contributed by atoms with E-state index < -0.39 is 0 Å². The van der Waals surface area contributed by atoms with Crippen molar-refractivity contribution in [2.24, 2.45) is 5.73 Å². The van der Waals surface area contributed by atoms with Crippen molar-refractivity contribution in [3.63, 3.8) is 0 Å². The summed E-state index contributed by atoms with van der Waals surface area (Å²) in [5.41, 5.74) is 8.04. The van der Waals surface area contributed by atoms with Gasteiger partial charge in [-0.3, -0.25) is 0 Å². The Balaban J connectivity index is 2.05. The number of pyridine rings is 1. The van der Waals surface area contributed by atoms with Crippen LogP contribution in [-0.4, -0.2) is 17.6 Å². The fraction of sp³-hybridized carbons (Fsp3) is 0.471. The van der Waals surface area contributed by atoms with Crippen LogP contribution in [0.4, 0.5) is 5.69 Å². The maximum Gasteiger partial charge on any atom is 0.131 e. The molecular weight excluding hydrogens is 349 g/mol. The van der Waals surface area contributed by atoms with E-state index in [0.717, 1.165) is 33.6 Å². The minimum atomic E-state index is 0.173. The van der Waals surface area contributed by atoms with E-state index in [4.69, 9.17) is 28.9 Å². The number of thiophene rings is 1. The van der Waals surface area contributed by atoms with Crippen LogP contribution in [0.1, 0.15) is 43.4 Å². The molecule has 1 aliphatic carbocycles. The first-order valence-corrected chi connectivity index (χ1v) is 9.36. The largest absolute Gasteiger partial charge is 0.373 e. The molecule has 0 bridgehead atoms. The molecule has 3 nitrogen and oxygen atoms in total. The van der Waals surface area contributed by atoms with Crippen molar-refractivity contribution < 1.29 is 0 Å². The molecule has 0 aromatic carbocycles. The number of hydrogen-bond acceptors (Lipinski definition) is 4. The number of nitrogens with zero attached hydrogens (tertiary/aromatic N) is 1. The average Bonchev–Trinajstić information content (AvgIpc) is 2.85. The maximum absolute atomic E-state index is 6.64. The summed E-state index contributed by atoms with van der Waals surface area (Å²) in [5.74, 6) is 6.19. The Hall–Kier alpha value is -0.990. The van der Waals surface area contributed by atoms with Crippen LogP contribution in [0.2, 0.25) is 10.2 Å². The van der Waals surface area contributed by atoms with Gasteiger partial charge >= 0.3 is 0 Å². The van der Waals surface area contributed by atoms with Gasteiger partial charge in [0.2, 0.25) is 0 Å². The lowest BCUT2D eigenvalue weighted by Gasteiger charge is -2.27. The summed E-state index contributed by atoms with van der Waals surface area (Å²) in [6, 6.07) is 2.01. The van der Waals surface area contributed by atoms with E-state index in [1.807, 2.05) is 13.0 Å². The Labute approximate surface area is 150 Å². The Morgan fingerprint density at radius 2 is 2.17 bits per heavy atom. The third kappa shape index (κ3) is 3.44. The van der Waals surface area contributed by atoms with Gasteiger partial charge in [0.05, 0.1) is 22.0 Å². The quantitative estimate of drug-likeness (QED) is 0.591. The van der Waals surface area contributed by atoms with Crippen molar-refractivity contribution in [1.29, 1.82) is 0 Å². The normalized spacial score (nSPS) is 21.0. The van der Waals surface area contributed by atoms with Crippen molar-refractivity contribution in [3.05, 3.63) is 21.1 Å². The molecule has 2 aromatic heterocycles. The zero-order valence-electron chi connectivity index (χ0n) is 13.0. The second kappa shape index (κ2) is 7.27. The van der Waals surface area contributed by atoms with Gasteiger partial charge in [-0.2, -0.15) is 0 Å². The molecular formula is C17H19Cl2N3S. The summed E-state index contributed by atoms with van der Waals surface area (Å²) >= 11 is 14.5. The highest BCUT2D eigenvalue weighted by Gasteiger charge is 2.29. The number of fused-ring (bicyclic) bond motifs is 1. The Morgan fingerprint density at radius 3 is 2.91 bits per heavy atom. The number of anilines is 1. The fourth-order valence-corrected chi connectivity index (χ4v) is 5.09. The SMILES string of the molecule is CC#CCNc1cc(Cl)nc2c(Cl)c([C@H]3CCCC[C@@H]3N)sc12. The van der Waals surface area contributed by atoms with Crippen molar-refractivity contribution in [2.45, 2.75) is 44.6 Å². The number of hydrogen-bond donors (Lipinski definition) is 2. The number of nitrogens with one attached hydrogen (secondary N) is 1. The molecule has 3 N–H and O–H groups in total. The second-order valence-corrected chi connectivity index (χ2v) is 7.60. The van der Waals surface area contributed by atoms with Gasteiger partial charge < -0.3 is 11.1 Å². The number of aromatic nitrogens is 1. The monoisotopic (exact) mass is 367 g/mol. The molecule has 1 saturated carbocycles. The highest BCUT2D eigenvalue weighted by molar-refractivity contribution is 7.20. The van der Waals surface area contributed by atoms with E-state index in [1.165, 1.54) is 12.8 Å². The third-order valence-electron chi connectivity index (χ3n) is 4.28. The van der Waals surface area contributed by atoms with E-state index in [9.17, 15) is 0 Å². The van der Waals surface area contributed by atoms with Gasteiger partial charge in [-0.1, -0.05) is 42.0 Å². The summed E-state index contributed by atoms with van der Waals surface area (Å²) in [5, 5.41) is 4.45. The molecule has 0 unspecified atom stereocenters. The van der Waals surface area contributed by atoms with E-state index in [-0.39, 0.29) is 6.04 Å². The molecule has 2 heterocycles. The Morgan fingerprint density at radius 1 is 1.39 bits per heavy atom. The molecule has 1 fully saturated rings. The first-order chi connectivity index (χ1) is 11.1. The summed E-state index contributed by atoms with van der Waals surface area (Å²) in [7, 11) is 0. The van der Waals surface area contributed by atoms with Crippen LogP contribution >= 0.6 is 34.5 Å². The predicted octanol–water partition coefficient (Wildman–Crippen LogP) is 5.02. The maximum atomic E-state index is 6.64. The van der Waals surface area contributed by atoms with Gasteiger partial charge in [0, 0.05) is 22.9 Å². The van der Waals surface area contributed by atoms with Crippen molar-refractivity contribution in [1.82, 2.24) is 4.98 Å². The summed E-state index contributed by atoms with van der Waals surface area (Å²) < 4.78 is 1.03. The lowest BCUT2D eigenvalue weighted by Crippen LogP contribution is -2.30.